The van der Waals surface area contributed by atoms with Crippen LogP contribution in [0.2, 0.25) is 0 Å². The molecule has 0 radical (unpaired) electrons. The molecule has 2 aromatic carbocycles. The minimum absolute atomic E-state index is 0.00610. The number of aromatic nitrogens is 1. The van der Waals surface area contributed by atoms with Gasteiger partial charge >= 0.3 is 4.87 Å². The molecule has 2 saturated carbocycles. The van der Waals surface area contributed by atoms with Crippen LogP contribution in [0.3, 0.4) is 0 Å². The predicted octanol–water partition coefficient (Wildman–Crippen LogP) is 4.29. The lowest BCUT2D eigenvalue weighted by atomic mass is 9.69. The van der Waals surface area contributed by atoms with E-state index in [4.69, 9.17) is 4.42 Å². The predicted molar refractivity (Wildman–Crippen MR) is 147 cm³/mol. The van der Waals surface area contributed by atoms with Crippen molar-refractivity contribution >= 4 is 57.3 Å². The smallest absolute Gasteiger partial charge is 0.305 e. The number of nitrogens with zero attached hydrogens (tertiary/aromatic N) is 1. The van der Waals surface area contributed by atoms with E-state index in [1.54, 1.807) is 18.0 Å². The number of carbonyl (C=O) groups is 3. The zero-order valence-corrected chi connectivity index (χ0v) is 22.2. The minimum atomic E-state index is -0.440. The number of carbonyl (C=O) groups excluding carboxylic acids is 3. The number of rotatable bonds is 4. The van der Waals surface area contributed by atoms with Crippen molar-refractivity contribution in [2.75, 3.05) is 11.9 Å². The van der Waals surface area contributed by atoms with Gasteiger partial charge in [0.2, 0.25) is 17.7 Å². The van der Waals surface area contributed by atoms with Gasteiger partial charge < -0.3 is 14.7 Å². The third kappa shape index (κ3) is 3.31. The number of aromatic amines is 1. The van der Waals surface area contributed by atoms with Crippen molar-refractivity contribution < 1.29 is 18.8 Å². The third-order valence-corrected chi connectivity index (χ3v) is 11.6. The summed E-state index contributed by atoms with van der Waals surface area (Å²) in [5.74, 6) is -1.03. The molecule has 2 N–H and O–H groups in total. The highest BCUT2D eigenvalue weighted by Gasteiger charge is 2.69. The number of anilines is 1. The number of fused-ring (bicyclic) bond motifs is 10. The second kappa shape index (κ2) is 8.43. The first-order chi connectivity index (χ1) is 19.0. The van der Waals surface area contributed by atoms with Gasteiger partial charge in [-0.25, -0.2) is 0 Å². The molecule has 7 atom stereocenters. The molecular weight excluding hydrogens is 534 g/mol. The van der Waals surface area contributed by atoms with Crippen LogP contribution in [0.25, 0.3) is 10.8 Å². The molecule has 2 aromatic heterocycles. The number of hydrogen-bond acceptors (Lipinski definition) is 7. The quantitative estimate of drug-likeness (QED) is 0.362. The molecule has 3 fully saturated rings. The number of amides is 3. The summed E-state index contributed by atoms with van der Waals surface area (Å²) in [4.78, 5) is 57.8. The first kappa shape index (κ1) is 23.3. The number of nitrogens with one attached hydrogen (secondary N) is 2. The molecule has 4 aromatic rings. The molecule has 2 aliphatic carbocycles. The fourth-order valence-corrected chi connectivity index (χ4v) is 10.6. The van der Waals surface area contributed by atoms with E-state index in [-0.39, 0.29) is 58.1 Å². The van der Waals surface area contributed by atoms with Gasteiger partial charge in [0.1, 0.15) is 12.3 Å². The van der Waals surface area contributed by atoms with Gasteiger partial charge in [0.15, 0.2) is 0 Å². The van der Waals surface area contributed by atoms with E-state index in [0.29, 0.717) is 5.69 Å². The molecule has 0 spiro atoms. The topological polar surface area (TPSA) is 112 Å². The van der Waals surface area contributed by atoms with Gasteiger partial charge in [0.25, 0.3) is 0 Å². The summed E-state index contributed by atoms with van der Waals surface area (Å²) < 4.78 is 5.84. The van der Waals surface area contributed by atoms with Crippen LogP contribution in [0.1, 0.15) is 23.0 Å². The molecule has 196 valence electrons. The number of thioether (sulfide) groups is 1. The van der Waals surface area contributed by atoms with Gasteiger partial charge in [-0.1, -0.05) is 47.7 Å². The number of furan rings is 1. The second-order valence-electron chi connectivity index (χ2n) is 10.8. The Hall–Kier alpha value is -3.63. The minimum Gasteiger partial charge on any atom is -0.469 e. The van der Waals surface area contributed by atoms with Crippen molar-refractivity contribution in [2.45, 2.75) is 22.6 Å². The highest BCUT2D eigenvalue weighted by molar-refractivity contribution is 8.00. The Kier molecular flexibility index (Phi) is 5.03. The van der Waals surface area contributed by atoms with Gasteiger partial charge in [-0.05, 0) is 47.8 Å². The van der Waals surface area contributed by atoms with Crippen LogP contribution in [0, 0.1) is 29.6 Å². The zero-order valence-electron chi connectivity index (χ0n) is 20.5. The molecule has 1 saturated heterocycles. The molecule has 4 heterocycles. The van der Waals surface area contributed by atoms with Crippen molar-refractivity contribution in [1.82, 2.24) is 9.88 Å². The molecular formula is C29H23N3O5S2. The molecule has 8 rings (SSSR count). The Balaban J connectivity index is 1.08. The SMILES string of the molecule is O=C(CN1C(=O)C2C3CC(C2C1=O)C1C3Sc2[nH]c(=O)sc2[C@@H]1c1ccco1)Nc1cccc2ccccc12. The monoisotopic (exact) mass is 557 g/mol. The van der Waals surface area contributed by atoms with Gasteiger partial charge in [0.05, 0.1) is 33.9 Å². The molecule has 39 heavy (non-hydrogen) atoms. The fourth-order valence-electron chi connectivity index (χ4n) is 7.69. The van der Waals surface area contributed by atoms with Gasteiger partial charge in [0, 0.05) is 16.3 Å². The normalized spacial score (nSPS) is 30.5. The van der Waals surface area contributed by atoms with Crippen molar-refractivity contribution in [3.05, 3.63) is 81.2 Å². The fraction of sp³-hybridized carbons (Fsp3) is 0.310. The highest BCUT2D eigenvalue weighted by Crippen LogP contribution is 2.68. The lowest BCUT2D eigenvalue weighted by Crippen LogP contribution is -2.42. The summed E-state index contributed by atoms with van der Waals surface area (Å²) in [5, 5.41) is 5.74. The Bertz CT molecular complexity index is 1720. The largest absolute Gasteiger partial charge is 0.469 e. The summed E-state index contributed by atoms with van der Waals surface area (Å²) >= 11 is 2.84. The molecule has 2 bridgehead atoms. The Morgan fingerprint density at radius 3 is 2.62 bits per heavy atom. The summed E-state index contributed by atoms with van der Waals surface area (Å²) in [7, 11) is 0. The average molecular weight is 558 g/mol. The molecule has 4 aliphatic rings. The maximum Gasteiger partial charge on any atom is 0.305 e. The van der Waals surface area contributed by atoms with E-state index in [2.05, 4.69) is 10.3 Å². The van der Waals surface area contributed by atoms with Crippen LogP contribution in [-0.4, -0.2) is 39.4 Å². The maximum absolute atomic E-state index is 13.7. The van der Waals surface area contributed by atoms with Crippen LogP contribution in [0.5, 0.6) is 0 Å². The Morgan fingerprint density at radius 2 is 1.79 bits per heavy atom. The van der Waals surface area contributed by atoms with Crippen molar-refractivity contribution in [3.8, 4) is 0 Å². The Morgan fingerprint density at radius 1 is 1.00 bits per heavy atom. The van der Waals surface area contributed by atoms with E-state index >= 15 is 0 Å². The maximum atomic E-state index is 13.7. The van der Waals surface area contributed by atoms with Crippen molar-refractivity contribution in [1.29, 1.82) is 0 Å². The number of benzene rings is 2. The zero-order chi connectivity index (χ0) is 26.4. The Labute approximate surface area is 230 Å². The van der Waals surface area contributed by atoms with Crippen LogP contribution in [-0.2, 0) is 14.4 Å². The number of hydrogen-bond donors (Lipinski definition) is 2. The summed E-state index contributed by atoms with van der Waals surface area (Å²) in [6, 6.07) is 17.2. The van der Waals surface area contributed by atoms with E-state index < -0.39 is 11.8 Å². The van der Waals surface area contributed by atoms with Crippen molar-refractivity contribution in [2.24, 2.45) is 29.6 Å². The molecule has 8 nitrogen and oxygen atoms in total. The van der Waals surface area contributed by atoms with Gasteiger partial charge in [-0.15, -0.1) is 11.8 Å². The molecule has 3 amide bonds. The summed E-state index contributed by atoms with van der Waals surface area (Å²) in [6.07, 6.45) is 2.43. The average Bonchev–Trinajstić information content (AvgIpc) is 3.75. The van der Waals surface area contributed by atoms with Gasteiger partial charge in [-0.2, -0.15) is 0 Å². The number of H-pyrrole nitrogens is 1. The first-order valence-electron chi connectivity index (χ1n) is 13.1. The van der Waals surface area contributed by atoms with Crippen LogP contribution < -0.4 is 10.2 Å². The van der Waals surface area contributed by atoms with E-state index in [1.807, 2.05) is 54.6 Å². The molecule has 2 aliphatic heterocycles. The number of thiazole rings is 1. The van der Waals surface area contributed by atoms with Crippen LogP contribution in [0.4, 0.5) is 5.69 Å². The molecule has 10 heteroatoms. The summed E-state index contributed by atoms with van der Waals surface area (Å²) in [6.45, 7) is -0.294. The third-order valence-electron chi connectivity index (χ3n) is 9.03. The lowest BCUT2D eigenvalue weighted by Gasteiger charge is -2.42. The van der Waals surface area contributed by atoms with Crippen LogP contribution >= 0.6 is 23.1 Å². The number of likely N-dealkylation sites (tertiary alicyclic amines) is 1. The molecule has 6 unspecified atom stereocenters. The first-order valence-corrected chi connectivity index (χ1v) is 14.7. The van der Waals surface area contributed by atoms with E-state index in [1.165, 1.54) is 16.2 Å². The summed E-state index contributed by atoms with van der Waals surface area (Å²) in [5.41, 5.74) is 0.654. The van der Waals surface area contributed by atoms with Crippen molar-refractivity contribution in [3.63, 3.8) is 0 Å². The highest BCUT2D eigenvalue weighted by atomic mass is 32.2. The van der Waals surface area contributed by atoms with Gasteiger partial charge in [-0.3, -0.25) is 24.1 Å². The van der Waals surface area contributed by atoms with E-state index in [0.717, 1.165) is 32.9 Å². The lowest BCUT2D eigenvalue weighted by molar-refractivity contribution is -0.143. The van der Waals surface area contributed by atoms with Crippen LogP contribution in [0.15, 0.2) is 75.1 Å². The van der Waals surface area contributed by atoms with E-state index in [9.17, 15) is 19.2 Å². The standard InChI is InChI=1S/C29H23N3O5S2/c33-19(30-17-8-3-6-13-5-1-2-7-14(13)17)12-32-27(34)21-15-11-16(22(21)28(32)35)24-20(15)23(18-9-4-10-37-18)25-26(38-24)31-29(36)39-25/h1-10,15-16,20-24H,11-12H2,(H,30,33)(H,31,36)/t15?,16?,20?,21?,22?,23-,24?/m1/s1. The second-order valence-corrected chi connectivity index (χ2v) is 13.0. The number of imide groups is 1.